The SMILES string of the molecule is CCn1cc(/C=N/NC(=O)c2ccc(O)cc2O)c2ccccc21. The molecule has 3 aromatic rings. The topological polar surface area (TPSA) is 86.9 Å². The van der Waals surface area contributed by atoms with Crippen molar-refractivity contribution < 1.29 is 15.0 Å². The van der Waals surface area contributed by atoms with E-state index < -0.39 is 5.91 Å². The molecule has 0 saturated heterocycles. The van der Waals surface area contributed by atoms with Crippen LogP contribution in [0.3, 0.4) is 0 Å². The Morgan fingerprint density at radius 2 is 2.04 bits per heavy atom. The molecule has 6 nitrogen and oxygen atoms in total. The van der Waals surface area contributed by atoms with Crippen molar-refractivity contribution in [3.05, 3.63) is 59.8 Å². The van der Waals surface area contributed by atoms with Crippen LogP contribution < -0.4 is 5.43 Å². The molecule has 0 aliphatic rings. The lowest BCUT2D eigenvalue weighted by atomic mass is 10.2. The molecule has 0 spiro atoms. The van der Waals surface area contributed by atoms with Gasteiger partial charge in [-0.3, -0.25) is 4.79 Å². The number of hydrogen-bond acceptors (Lipinski definition) is 4. The minimum Gasteiger partial charge on any atom is -0.508 e. The van der Waals surface area contributed by atoms with E-state index in [-0.39, 0.29) is 17.1 Å². The molecule has 122 valence electrons. The maximum absolute atomic E-state index is 12.0. The zero-order valence-electron chi connectivity index (χ0n) is 13.1. The van der Waals surface area contributed by atoms with Gasteiger partial charge in [-0.05, 0) is 25.1 Å². The van der Waals surface area contributed by atoms with Crippen molar-refractivity contribution >= 4 is 23.0 Å². The predicted molar refractivity (Wildman–Crippen MR) is 92.4 cm³/mol. The summed E-state index contributed by atoms with van der Waals surface area (Å²) in [6.45, 7) is 2.89. The predicted octanol–water partition coefficient (Wildman–Crippen LogP) is 2.84. The van der Waals surface area contributed by atoms with Crippen molar-refractivity contribution in [1.82, 2.24) is 9.99 Å². The Morgan fingerprint density at radius 1 is 1.25 bits per heavy atom. The Hall–Kier alpha value is -3.28. The summed E-state index contributed by atoms with van der Waals surface area (Å²) < 4.78 is 2.10. The zero-order valence-corrected chi connectivity index (χ0v) is 13.1. The van der Waals surface area contributed by atoms with Gasteiger partial charge in [0.1, 0.15) is 11.5 Å². The molecule has 3 rings (SSSR count). The molecule has 0 aliphatic heterocycles. The maximum atomic E-state index is 12.0. The van der Waals surface area contributed by atoms with Crippen molar-refractivity contribution in [3.63, 3.8) is 0 Å². The van der Waals surface area contributed by atoms with Crippen molar-refractivity contribution in [3.8, 4) is 11.5 Å². The van der Waals surface area contributed by atoms with E-state index in [2.05, 4.69) is 22.0 Å². The lowest BCUT2D eigenvalue weighted by Gasteiger charge is -2.03. The van der Waals surface area contributed by atoms with Crippen LogP contribution >= 0.6 is 0 Å². The Balaban J connectivity index is 1.80. The van der Waals surface area contributed by atoms with E-state index >= 15 is 0 Å². The number of aryl methyl sites for hydroxylation is 1. The molecule has 0 unspecified atom stereocenters. The highest BCUT2D eigenvalue weighted by atomic mass is 16.3. The number of benzene rings is 2. The van der Waals surface area contributed by atoms with Crippen LogP contribution in [0.4, 0.5) is 0 Å². The van der Waals surface area contributed by atoms with Gasteiger partial charge in [0.15, 0.2) is 0 Å². The minimum atomic E-state index is -0.553. The van der Waals surface area contributed by atoms with Crippen LogP contribution in [-0.4, -0.2) is 26.9 Å². The van der Waals surface area contributed by atoms with Gasteiger partial charge in [0.05, 0.1) is 11.8 Å². The highest BCUT2D eigenvalue weighted by Crippen LogP contribution is 2.22. The molecule has 0 aliphatic carbocycles. The Morgan fingerprint density at radius 3 is 2.79 bits per heavy atom. The summed E-state index contributed by atoms with van der Waals surface area (Å²) >= 11 is 0. The number of para-hydroxylation sites is 1. The molecule has 24 heavy (non-hydrogen) atoms. The van der Waals surface area contributed by atoms with Crippen molar-refractivity contribution in [1.29, 1.82) is 0 Å². The number of amides is 1. The summed E-state index contributed by atoms with van der Waals surface area (Å²) in [6.07, 6.45) is 3.54. The van der Waals surface area contributed by atoms with E-state index in [1.54, 1.807) is 6.21 Å². The van der Waals surface area contributed by atoms with Gasteiger partial charge < -0.3 is 14.8 Å². The number of aromatic hydroxyl groups is 2. The highest BCUT2D eigenvalue weighted by molar-refractivity contribution is 6.01. The number of fused-ring (bicyclic) bond motifs is 1. The fourth-order valence-electron chi connectivity index (χ4n) is 2.57. The molecular weight excluding hydrogens is 306 g/mol. The zero-order chi connectivity index (χ0) is 17.1. The number of hydrogen-bond donors (Lipinski definition) is 3. The van der Waals surface area contributed by atoms with Crippen molar-refractivity contribution in [2.45, 2.75) is 13.5 Å². The third kappa shape index (κ3) is 2.94. The normalized spacial score (nSPS) is 11.2. The minimum absolute atomic E-state index is 0.0425. The molecule has 2 aromatic carbocycles. The van der Waals surface area contributed by atoms with Crippen LogP contribution in [0.15, 0.2) is 53.8 Å². The number of hydrazone groups is 1. The average Bonchev–Trinajstić information content (AvgIpc) is 2.93. The Bertz CT molecular complexity index is 928. The highest BCUT2D eigenvalue weighted by Gasteiger charge is 2.11. The number of aromatic nitrogens is 1. The number of phenolic OH excluding ortho intramolecular Hbond substituents is 2. The molecule has 1 heterocycles. The molecule has 1 amide bonds. The van der Waals surface area contributed by atoms with Gasteiger partial charge in [0, 0.05) is 35.3 Å². The van der Waals surface area contributed by atoms with Gasteiger partial charge in [-0.1, -0.05) is 18.2 Å². The van der Waals surface area contributed by atoms with Crippen LogP contribution in [0.1, 0.15) is 22.8 Å². The fourth-order valence-corrected chi connectivity index (χ4v) is 2.57. The van der Waals surface area contributed by atoms with E-state index in [0.29, 0.717) is 0 Å². The van der Waals surface area contributed by atoms with Gasteiger partial charge in [-0.25, -0.2) is 5.43 Å². The molecule has 3 N–H and O–H groups in total. The van der Waals surface area contributed by atoms with Gasteiger partial charge in [-0.2, -0.15) is 5.10 Å². The quantitative estimate of drug-likeness (QED) is 0.510. The summed E-state index contributed by atoms with van der Waals surface area (Å²) in [5.41, 5.74) is 4.41. The second kappa shape index (κ2) is 6.45. The molecule has 0 saturated carbocycles. The number of carbonyl (C=O) groups excluding carboxylic acids is 1. The van der Waals surface area contributed by atoms with Crippen molar-refractivity contribution in [2.24, 2.45) is 5.10 Å². The third-order valence-corrected chi connectivity index (χ3v) is 3.76. The van der Waals surface area contributed by atoms with Crippen LogP contribution in [0.2, 0.25) is 0 Å². The fraction of sp³-hybridized carbons (Fsp3) is 0.111. The maximum Gasteiger partial charge on any atom is 0.275 e. The average molecular weight is 323 g/mol. The van der Waals surface area contributed by atoms with Crippen LogP contribution in [0.5, 0.6) is 11.5 Å². The van der Waals surface area contributed by atoms with Crippen LogP contribution in [0.25, 0.3) is 10.9 Å². The van der Waals surface area contributed by atoms with Gasteiger partial charge in [-0.15, -0.1) is 0 Å². The molecule has 0 atom stereocenters. The summed E-state index contributed by atoms with van der Waals surface area (Å²) in [4.78, 5) is 12.0. The molecule has 1 aromatic heterocycles. The second-order valence-electron chi connectivity index (χ2n) is 5.29. The molecule has 0 radical (unpaired) electrons. The lowest BCUT2D eigenvalue weighted by molar-refractivity contribution is 0.0952. The van der Waals surface area contributed by atoms with E-state index in [9.17, 15) is 15.0 Å². The first-order valence-corrected chi connectivity index (χ1v) is 7.53. The third-order valence-electron chi connectivity index (χ3n) is 3.76. The largest absolute Gasteiger partial charge is 0.508 e. The summed E-state index contributed by atoms with van der Waals surface area (Å²) in [5.74, 6) is -0.965. The molecular formula is C18H17N3O3. The number of nitrogens with one attached hydrogen (secondary N) is 1. The second-order valence-corrected chi connectivity index (χ2v) is 5.29. The number of rotatable bonds is 4. The molecule has 0 fully saturated rings. The standard InChI is InChI=1S/C18H17N3O3/c1-2-21-11-12(14-5-3-4-6-16(14)21)10-19-20-18(24)15-8-7-13(22)9-17(15)23/h3-11,22-23H,2H2,1H3,(H,20,24)/b19-10+. The monoisotopic (exact) mass is 323 g/mol. The summed E-state index contributed by atoms with van der Waals surface area (Å²) in [5, 5.41) is 23.9. The smallest absolute Gasteiger partial charge is 0.275 e. The number of carbonyl (C=O) groups is 1. The van der Waals surface area contributed by atoms with Gasteiger partial charge in [0.2, 0.25) is 0 Å². The van der Waals surface area contributed by atoms with Gasteiger partial charge >= 0.3 is 0 Å². The van der Waals surface area contributed by atoms with E-state index in [0.717, 1.165) is 29.1 Å². The van der Waals surface area contributed by atoms with E-state index in [4.69, 9.17) is 0 Å². The van der Waals surface area contributed by atoms with Gasteiger partial charge in [0.25, 0.3) is 5.91 Å². The first-order chi connectivity index (χ1) is 11.6. The summed E-state index contributed by atoms with van der Waals surface area (Å²) in [6, 6.07) is 11.7. The first kappa shape index (κ1) is 15.6. The number of nitrogens with zero attached hydrogens (tertiary/aromatic N) is 2. The van der Waals surface area contributed by atoms with Crippen molar-refractivity contribution in [2.75, 3.05) is 0 Å². The lowest BCUT2D eigenvalue weighted by Crippen LogP contribution is -2.17. The summed E-state index contributed by atoms with van der Waals surface area (Å²) in [7, 11) is 0. The Kier molecular flexibility index (Phi) is 4.20. The molecule has 0 bridgehead atoms. The van der Waals surface area contributed by atoms with Crippen LogP contribution in [-0.2, 0) is 6.54 Å². The Labute approximate surface area is 138 Å². The number of phenols is 2. The first-order valence-electron chi connectivity index (χ1n) is 7.53. The molecule has 6 heteroatoms. The van der Waals surface area contributed by atoms with E-state index in [1.165, 1.54) is 12.1 Å². The van der Waals surface area contributed by atoms with E-state index in [1.807, 2.05) is 30.5 Å². The van der Waals surface area contributed by atoms with Crippen LogP contribution in [0, 0.1) is 0 Å².